The average molecular weight is 367 g/mol. The van der Waals surface area contributed by atoms with Crippen molar-refractivity contribution in [1.82, 2.24) is 15.5 Å². The van der Waals surface area contributed by atoms with Gasteiger partial charge in [-0.3, -0.25) is 4.79 Å². The lowest BCUT2D eigenvalue weighted by Crippen LogP contribution is -2.51. The molecule has 0 bridgehead atoms. The van der Waals surface area contributed by atoms with Crippen molar-refractivity contribution in [1.29, 1.82) is 0 Å². The summed E-state index contributed by atoms with van der Waals surface area (Å²) >= 11 is 5.97. The van der Waals surface area contributed by atoms with Crippen molar-refractivity contribution >= 4 is 23.5 Å². The fourth-order valence-corrected chi connectivity index (χ4v) is 2.85. The van der Waals surface area contributed by atoms with E-state index >= 15 is 0 Å². The quantitative estimate of drug-likeness (QED) is 0.598. The largest absolute Gasteiger partial charge is 0.489 e. The first-order valence-corrected chi connectivity index (χ1v) is 9.06. The van der Waals surface area contributed by atoms with Gasteiger partial charge in [0.15, 0.2) is 5.96 Å². The van der Waals surface area contributed by atoms with Crippen LogP contribution >= 0.6 is 11.6 Å². The number of halogens is 1. The first-order chi connectivity index (χ1) is 12.0. The zero-order chi connectivity index (χ0) is 18.2. The molecule has 1 aliphatic rings. The lowest BCUT2D eigenvalue weighted by molar-refractivity contribution is -0.132. The van der Waals surface area contributed by atoms with E-state index in [4.69, 9.17) is 16.3 Å². The van der Waals surface area contributed by atoms with Crippen LogP contribution in [0.3, 0.4) is 0 Å². The zero-order valence-corrected chi connectivity index (χ0v) is 15.8. The molecule has 0 spiro atoms. The van der Waals surface area contributed by atoms with Crippen LogP contribution in [0.4, 0.5) is 0 Å². The summed E-state index contributed by atoms with van der Waals surface area (Å²) in [6, 6.07) is 7.56. The molecule has 1 heterocycles. The van der Waals surface area contributed by atoms with Gasteiger partial charge in [-0.25, -0.2) is 4.99 Å². The maximum Gasteiger partial charge on any atom is 0.222 e. The van der Waals surface area contributed by atoms with Crippen molar-refractivity contribution in [2.45, 2.75) is 38.8 Å². The van der Waals surface area contributed by atoms with Crippen LogP contribution < -0.4 is 15.4 Å². The summed E-state index contributed by atoms with van der Waals surface area (Å²) in [4.78, 5) is 18.0. The molecule has 0 saturated carbocycles. The van der Waals surface area contributed by atoms with Crippen LogP contribution in [0.15, 0.2) is 29.3 Å². The molecule has 2 rings (SSSR count). The second-order valence-corrected chi connectivity index (χ2v) is 6.70. The van der Waals surface area contributed by atoms with Crippen molar-refractivity contribution in [2.75, 3.05) is 26.7 Å². The predicted molar refractivity (Wildman–Crippen MR) is 101 cm³/mol. The summed E-state index contributed by atoms with van der Waals surface area (Å²) in [7, 11) is 1.83. The minimum absolute atomic E-state index is 0.0791. The molecule has 2 N–H and O–H groups in total. The van der Waals surface area contributed by atoms with Crippen LogP contribution in [-0.2, 0) is 4.79 Å². The highest BCUT2D eigenvalue weighted by molar-refractivity contribution is 6.30. The Balaban J connectivity index is 1.88. The van der Waals surface area contributed by atoms with Crippen molar-refractivity contribution in [2.24, 2.45) is 4.99 Å². The first kappa shape index (κ1) is 19.4. The molecule has 0 aliphatic carbocycles. The van der Waals surface area contributed by atoms with Gasteiger partial charge >= 0.3 is 0 Å². The minimum atomic E-state index is -0.0791. The Bertz CT molecular complexity index is 608. The molecule has 0 aromatic heterocycles. The number of hydrogen-bond acceptors (Lipinski definition) is 3. The molecule has 1 saturated heterocycles. The van der Waals surface area contributed by atoms with Crippen molar-refractivity contribution in [3.05, 3.63) is 29.3 Å². The first-order valence-electron chi connectivity index (χ1n) is 8.69. The second-order valence-electron chi connectivity index (χ2n) is 6.26. The van der Waals surface area contributed by atoms with Gasteiger partial charge in [0.2, 0.25) is 5.91 Å². The summed E-state index contributed by atoms with van der Waals surface area (Å²) in [6.45, 7) is 5.98. The standard InChI is InChI=1S/C18H27ClN4O2/c1-4-20-18(22-15-8-9-17(24)23(3)12-15)21-11-13(2)25-16-7-5-6-14(19)10-16/h5-7,10,13,15H,4,8-9,11-12H2,1-3H3,(H2,20,21,22). The van der Waals surface area contributed by atoms with Crippen LogP contribution in [0.2, 0.25) is 5.02 Å². The fraction of sp³-hybridized carbons (Fsp3) is 0.556. The minimum Gasteiger partial charge on any atom is -0.489 e. The number of likely N-dealkylation sites (N-methyl/N-ethyl adjacent to an activating group) is 1. The third kappa shape index (κ3) is 6.46. The maximum absolute atomic E-state index is 11.6. The monoisotopic (exact) mass is 366 g/mol. The molecule has 1 aliphatic heterocycles. The molecule has 1 amide bonds. The number of nitrogens with zero attached hydrogens (tertiary/aromatic N) is 2. The Morgan fingerprint density at radius 3 is 3.00 bits per heavy atom. The fourth-order valence-electron chi connectivity index (χ4n) is 2.67. The van der Waals surface area contributed by atoms with E-state index in [0.717, 1.165) is 24.7 Å². The Morgan fingerprint density at radius 1 is 1.52 bits per heavy atom. The molecule has 1 aromatic rings. The summed E-state index contributed by atoms with van der Waals surface area (Å²) in [5.74, 6) is 1.68. The molecule has 1 fully saturated rings. The van der Waals surface area contributed by atoms with Crippen molar-refractivity contribution < 1.29 is 9.53 Å². The van der Waals surface area contributed by atoms with Crippen LogP contribution in [-0.4, -0.2) is 55.6 Å². The number of piperidine rings is 1. The van der Waals surface area contributed by atoms with E-state index in [0.29, 0.717) is 24.5 Å². The molecule has 7 heteroatoms. The van der Waals surface area contributed by atoms with Crippen LogP contribution in [0.5, 0.6) is 5.75 Å². The molecular weight excluding hydrogens is 340 g/mol. The summed E-state index contributed by atoms with van der Waals surface area (Å²) < 4.78 is 5.84. The molecule has 138 valence electrons. The van der Waals surface area contributed by atoms with Crippen LogP contribution in [0.25, 0.3) is 0 Å². The van der Waals surface area contributed by atoms with E-state index in [9.17, 15) is 4.79 Å². The van der Waals surface area contributed by atoms with Crippen molar-refractivity contribution in [3.8, 4) is 5.75 Å². The third-order valence-corrected chi connectivity index (χ3v) is 4.19. The number of guanidine groups is 1. The van der Waals surface area contributed by atoms with Gasteiger partial charge < -0.3 is 20.3 Å². The lowest BCUT2D eigenvalue weighted by atomic mass is 10.1. The summed E-state index contributed by atoms with van der Waals surface area (Å²) in [6.07, 6.45) is 1.31. The van der Waals surface area contributed by atoms with E-state index in [1.807, 2.05) is 39.1 Å². The highest BCUT2D eigenvalue weighted by atomic mass is 35.5. The van der Waals surface area contributed by atoms with E-state index in [2.05, 4.69) is 15.6 Å². The highest BCUT2D eigenvalue weighted by Crippen LogP contribution is 2.18. The van der Waals surface area contributed by atoms with Gasteiger partial charge in [-0.1, -0.05) is 17.7 Å². The number of likely N-dealkylation sites (tertiary alicyclic amines) is 1. The number of amides is 1. The third-order valence-electron chi connectivity index (χ3n) is 3.95. The van der Waals surface area contributed by atoms with Crippen molar-refractivity contribution in [3.63, 3.8) is 0 Å². The smallest absolute Gasteiger partial charge is 0.222 e. The second kappa shape index (κ2) is 9.51. The SMILES string of the molecule is CCNC(=NCC(C)Oc1cccc(Cl)c1)NC1CCC(=O)N(C)C1. The molecule has 1 aromatic carbocycles. The Labute approximate surface area is 154 Å². The Kier molecular flexibility index (Phi) is 7.37. The van der Waals surface area contributed by atoms with Gasteiger partial charge in [-0.05, 0) is 38.5 Å². The Morgan fingerprint density at radius 2 is 2.32 bits per heavy atom. The Hall–Kier alpha value is -1.95. The number of benzene rings is 1. The predicted octanol–water partition coefficient (Wildman–Crippen LogP) is 2.28. The van der Waals surface area contributed by atoms with Gasteiger partial charge in [0, 0.05) is 37.6 Å². The molecule has 25 heavy (non-hydrogen) atoms. The van der Waals surface area contributed by atoms with Crippen LogP contribution in [0, 0.1) is 0 Å². The van der Waals surface area contributed by atoms with Gasteiger partial charge in [0.1, 0.15) is 11.9 Å². The number of nitrogens with one attached hydrogen (secondary N) is 2. The average Bonchev–Trinajstić information content (AvgIpc) is 2.56. The van der Waals surface area contributed by atoms with E-state index in [1.165, 1.54) is 0 Å². The van der Waals surface area contributed by atoms with E-state index in [-0.39, 0.29) is 18.1 Å². The number of hydrogen-bond donors (Lipinski definition) is 2. The normalized spacial score (nSPS) is 19.5. The molecule has 0 radical (unpaired) electrons. The number of carbonyl (C=O) groups is 1. The lowest BCUT2D eigenvalue weighted by Gasteiger charge is -2.31. The molecule has 6 nitrogen and oxygen atoms in total. The summed E-state index contributed by atoms with van der Waals surface area (Å²) in [5, 5.41) is 7.30. The van der Waals surface area contributed by atoms with E-state index < -0.39 is 0 Å². The molecular formula is C18H27ClN4O2. The summed E-state index contributed by atoms with van der Waals surface area (Å²) in [5.41, 5.74) is 0. The maximum atomic E-state index is 11.6. The van der Waals surface area contributed by atoms with Gasteiger partial charge in [0.25, 0.3) is 0 Å². The number of ether oxygens (including phenoxy) is 1. The molecule has 2 unspecified atom stereocenters. The highest BCUT2D eigenvalue weighted by Gasteiger charge is 2.23. The van der Waals surface area contributed by atoms with Gasteiger partial charge in [-0.2, -0.15) is 0 Å². The zero-order valence-electron chi connectivity index (χ0n) is 15.1. The van der Waals surface area contributed by atoms with E-state index in [1.54, 1.807) is 11.0 Å². The van der Waals surface area contributed by atoms with Gasteiger partial charge in [0.05, 0.1) is 6.54 Å². The topological polar surface area (TPSA) is 66.0 Å². The molecule has 2 atom stereocenters. The number of aliphatic imine (C=N–C) groups is 1. The van der Waals surface area contributed by atoms with Crippen LogP contribution in [0.1, 0.15) is 26.7 Å². The van der Waals surface area contributed by atoms with Gasteiger partial charge in [-0.15, -0.1) is 0 Å². The number of carbonyl (C=O) groups excluding carboxylic acids is 1. The number of rotatable bonds is 6.